The summed E-state index contributed by atoms with van der Waals surface area (Å²) in [4.78, 5) is 24.6. The van der Waals surface area contributed by atoms with Gasteiger partial charge in [0.15, 0.2) is 0 Å². The summed E-state index contributed by atoms with van der Waals surface area (Å²) in [6, 6.07) is 21.9. The molecule has 6 nitrogen and oxygen atoms in total. The molecule has 0 aliphatic heterocycles. The van der Waals surface area contributed by atoms with Gasteiger partial charge in [0.05, 0.1) is 5.69 Å². The van der Waals surface area contributed by atoms with Crippen molar-refractivity contribution in [1.29, 1.82) is 5.26 Å². The molecule has 3 rings (SSSR count). The fraction of sp³-hybridized carbons (Fsp3) is 0.0500. The summed E-state index contributed by atoms with van der Waals surface area (Å²) in [6.07, 6.45) is 0. The van der Waals surface area contributed by atoms with Gasteiger partial charge in [-0.2, -0.15) is 5.26 Å². The van der Waals surface area contributed by atoms with E-state index in [1.54, 1.807) is 6.07 Å². The normalized spacial score (nSPS) is 10.2. The van der Waals surface area contributed by atoms with Crippen molar-refractivity contribution in [3.63, 3.8) is 0 Å². The number of hydroxylamine groups is 1. The fourth-order valence-electron chi connectivity index (χ4n) is 2.78. The van der Waals surface area contributed by atoms with E-state index in [0.717, 1.165) is 11.1 Å². The van der Waals surface area contributed by atoms with Crippen LogP contribution < -0.4 is 11.0 Å². The van der Waals surface area contributed by atoms with Crippen LogP contribution in [0, 0.1) is 11.3 Å². The number of amides is 1. The predicted octanol–water partition coefficient (Wildman–Crippen LogP) is 2.56. The number of nitrogens with one attached hydrogen (secondary N) is 1. The number of rotatable bonds is 4. The number of hydrogen-bond acceptors (Lipinski definition) is 4. The molecule has 0 spiro atoms. The van der Waals surface area contributed by atoms with Gasteiger partial charge in [0.1, 0.15) is 18.2 Å². The second-order valence-corrected chi connectivity index (χ2v) is 5.59. The lowest BCUT2D eigenvalue weighted by Crippen LogP contribution is -2.32. The van der Waals surface area contributed by atoms with Gasteiger partial charge in [-0.25, -0.2) is 5.48 Å². The topological polar surface area (TPSA) is 95.1 Å². The number of pyridine rings is 1. The molecule has 0 unspecified atom stereocenters. The third kappa shape index (κ3) is 3.24. The zero-order valence-electron chi connectivity index (χ0n) is 13.7. The minimum absolute atomic E-state index is 0.0541. The molecule has 3 aromatic rings. The maximum Gasteiger partial charge on any atom is 0.270 e. The Kier molecular flexibility index (Phi) is 4.92. The van der Waals surface area contributed by atoms with Crippen molar-refractivity contribution in [1.82, 2.24) is 10.0 Å². The van der Waals surface area contributed by atoms with Crippen LogP contribution in [0.5, 0.6) is 0 Å². The monoisotopic (exact) mass is 345 g/mol. The number of carbonyl (C=O) groups is 1. The SMILES string of the molecule is N#Cc1c(-c2ccccc2)cc(-c2ccccc2)n(CC(=O)NO)c1=O. The van der Waals surface area contributed by atoms with Crippen LogP contribution in [0.2, 0.25) is 0 Å². The number of nitriles is 1. The van der Waals surface area contributed by atoms with Crippen molar-refractivity contribution >= 4 is 5.91 Å². The highest BCUT2D eigenvalue weighted by molar-refractivity contribution is 5.78. The molecule has 0 aliphatic rings. The Morgan fingerprint density at radius 2 is 1.62 bits per heavy atom. The van der Waals surface area contributed by atoms with Gasteiger partial charge in [-0.3, -0.25) is 19.4 Å². The van der Waals surface area contributed by atoms with Crippen molar-refractivity contribution in [2.45, 2.75) is 6.54 Å². The molecule has 0 aliphatic carbocycles. The highest BCUT2D eigenvalue weighted by Crippen LogP contribution is 2.27. The van der Waals surface area contributed by atoms with Crippen LogP contribution in [-0.2, 0) is 11.3 Å². The number of nitrogens with zero attached hydrogens (tertiary/aromatic N) is 2. The Morgan fingerprint density at radius 3 is 2.15 bits per heavy atom. The molecule has 0 atom stereocenters. The van der Waals surface area contributed by atoms with E-state index in [-0.39, 0.29) is 5.56 Å². The van der Waals surface area contributed by atoms with Crippen LogP contribution in [-0.4, -0.2) is 15.7 Å². The highest BCUT2D eigenvalue weighted by atomic mass is 16.5. The van der Waals surface area contributed by atoms with Gasteiger partial charge in [0, 0.05) is 5.56 Å². The second kappa shape index (κ2) is 7.47. The first-order valence-electron chi connectivity index (χ1n) is 7.87. The Bertz CT molecular complexity index is 1040. The first kappa shape index (κ1) is 17.1. The zero-order valence-corrected chi connectivity index (χ0v) is 13.7. The molecule has 26 heavy (non-hydrogen) atoms. The summed E-state index contributed by atoms with van der Waals surface area (Å²) in [7, 11) is 0. The number of hydrogen-bond donors (Lipinski definition) is 2. The summed E-state index contributed by atoms with van der Waals surface area (Å²) in [5.74, 6) is -0.749. The second-order valence-electron chi connectivity index (χ2n) is 5.59. The summed E-state index contributed by atoms with van der Waals surface area (Å²) in [5, 5.41) is 18.4. The summed E-state index contributed by atoms with van der Waals surface area (Å²) in [5.41, 5.74) is 3.31. The molecule has 0 radical (unpaired) electrons. The lowest BCUT2D eigenvalue weighted by Gasteiger charge is -2.15. The largest absolute Gasteiger partial charge is 0.298 e. The molecular formula is C20H15N3O3. The van der Waals surface area contributed by atoms with E-state index in [9.17, 15) is 14.9 Å². The molecule has 0 saturated heterocycles. The van der Waals surface area contributed by atoms with Crippen LogP contribution in [0.3, 0.4) is 0 Å². The average Bonchev–Trinajstić information content (AvgIpc) is 2.70. The van der Waals surface area contributed by atoms with Gasteiger partial charge in [0.2, 0.25) is 0 Å². The van der Waals surface area contributed by atoms with Crippen molar-refractivity contribution < 1.29 is 10.0 Å². The van der Waals surface area contributed by atoms with Crippen molar-refractivity contribution in [2.24, 2.45) is 0 Å². The van der Waals surface area contributed by atoms with E-state index in [0.29, 0.717) is 11.3 Å². The van der Waals surface area contributed by atoms with E-state index in [1.807, 2.05) is 66.7 Å². The number of aromatic nitrogens is 1. The summed E-state index contributed by atoms with van der Waals surface area (Å²) >= 11 is 0. The zero-order chi connectivity index (χ0) is 18.5. The first-order chi connectivity index (χ1) is 12.7. The van der Waals surface area contributed by atoms with E-state index in [1.165, 1.54) is 10.0 Å². The minimum Gasteiger partial charge on any atom is -0.298 e. The molecular weight excluding hydrogens is 330 g/mol. The van der Waals surface area contributed by atoms with Gasteiger partial charge in [-0.05, 0) is 17.2 Å². The molecule has 0 saturated carbocycles. The third-order valence-electron chi connectivity index (χ3n) is 3.99. The van der Waals surface area contributed by atoms with Gasteiger partial charge in [0.25, 0.3) is 11.5 Å². The molecule has 2 aromatic carbocycles. The maximum absolute atomic E-state index is 12.9. The number of carbonyl (C=O) groups excluding carboxylic acids is 1. The highest BCUT2D eigenvalue weighted by Gasteiger charge is 2.18. The van der Waals surface area contributed by atoms with Crippen molar-refractivity contribution in [3.05, 3.63) is 82.6 Å². The average molecular weight is 345 g/mol. The smallest absolute Gasteiger partial charge is 0.270 e. The molecule has 0 bridgehead atoms. The molecule has 128 valence electrons. The molecule has 1 aromatic heterocycles. The quantitative estimate of drug-likeness (QED) is 0.561. The molecule has 1 heterocycles. The van der Waals surface area contributed by atoms with Gasteiger partial charge in [-0.15, -0.1) is 0 Å². The van der Waals surface area contributed by atoms with Crippen LogP contribution in [0.4, 0.5) is 0 Å². The Balaban J connectivity index is 2.33. The van der Waals surface area contributed by atoms with Crippen LogP contribution >= 0.6 is 0 Å². The maximum atomic E-state index is 12.9. The lowest BCUT2D eigenvalue weighted by atomic mass is 9.98. The van der Waals surface area contributed by atoms with Gasteiger partial charge < -0.3 is 0 Å². The van der Waals surface area contributed by atoms with E-state index in [4.69, 9.17) is 5.21 Å². The Hall–Kier alpha value is -3.69. The van der Waals surface area contributed by atoms with Crippen molar-refractivity contribution in [3.8, 4) is 28.5 Å². The van der Waals surface area contributed by atoms with Crippen LogP contribution in [0.25, 0.3) is 22.4 Å². The first-order valence-corrected chi connectivity index (χ1v) is 7.87. The minimum atomic E-state index is -0.749. The number of benzene rings is 2. The molecule has 6 heteroatoms. The summed E-state index contributed by atoms with van der Waals surface area (Å²) in [6.45, 7) is -0.399. The van der Waals surface area contributed by atoms with Crippen molar-refractivity contribution in [2.75, 3.05) is 0 Å². The molecule has 1 amide bonds. The standard InChI is InChI=1S/C20H15N3O3/c21-12-17-16(14-7-3-1-4-8-14)11-18(15-9-5-2-6-10-15)23(20(17)25)13-19(24)22-26/h1-11,26H,13H2,(H,22,24). The predicted molar refractivity (Wildman–Crippen MR) is 96.2 cm³/mol. The Morgan fingerprint density at radius 1 is 1.04 bits per heavy atom. The van der Waals surface area contributed by atoms with Gasteiger partial charge in [-0.1, -0.05) is 60.7 Å². The molecule has 2 N–H and O–H groups in total. The molecule has 0 fully saturated rings. The Labute approximate surface area is 149 Å². The van der Waals surface area contributed by atoms with E-state index in [2.05, 4.69) is 0 Å². The van der Waals surface area contributed by atoms with E-state index < -0.39 is 18.0 Å². The van der Waals surface area contributed by atoms with Gasteiger partial charge >= 0.3 is 0 Å². The third-order valence-corrected chi connectivity index (χ3v) is 3.99. The van der Waals surface area contributed by atoms with Crippen LogP contribution in [0.15, 0.2) is 71.5 Å². The fourth-order valence-corrected chi connectivity index (χ4v) is 2.78. The lowest BCUT2D eigenvalue weighted by molar-refractivity contribution is -0.129. The van der Waals surface area contributed by atoms with Crippen LogP contribution in [0.1, 0.15) is 5.56 Å². The summed E-state index contributed by atoms with van der Waals surface area (Å²) < 4.78 is 1.19. The van der Waals surface area contributed by atoms with E-state index >= 15 is 0 Å².